The number of fused-ring (bicyclic) bond motifs is 1. The summed E-state index contributed by atoms with van der Waals surface area (Å²) in [6.07, 6.45) is 0. The quantitative estimate of drug-likeness (QED) is 0.712. The first-order valence-corrected chi connectivity index (χ1v) is 9.04. The molecule has 0 heterocycles. The van der Waals surface area contributed by atoms with E-state index in [1.54, 1.807) is 36.4 Å². The Bertz CT molecular complexity index is 1070. The minimum Gasteiger partial charge on any atom is -0.280 e. The van der Waals surface area contributed by atoms with Crippen LogP contribution in [0.5, 0.6) is 0 Å². The summed E-state index contributed by atoms with van der Waals surface area (Å²) in [5.41, 5.74) is 0.952. The third kappa shape index (κ3) is 3.46. The third-order valence-corrected chi connectivity index (χ3v) is 5.17. The van der Waals surface area contributed by atoms with Crippen molar-refractivity contribution in [2.45, 2.75) is 4.90 Å². The zero-order valence-electron chi connectivity index (χ0n) is 12.1. The molecule has 0 aliphatic heterocycles. The fourth-order valence-corrected chi connectivity index (χ4v) is 4.05. The number of nitrogens with zero attached hydrogens (tertiary/aromatic N) is 1. The van der Waals surface area contributed by atoms with Gasteiger partial charge in [-0.2, -0.15) is 5.26 Å². The molecule has 24 heavy (non-hydrogen) atoms. The number of hydrogen-bond donors (Lipinski definition) is 1. The predicted molar refractivity (Wildman–Crippen MR) is 95.9 cm³/mol. The Hall–Kier alpha value is -2.26. The highest BCUT2D eigenvalue weighted by atomic mass is 35.5. The summed E-state index contributed by atoms with van der Waals surface area (Å²) in [5, 5.41) is 11.1. The van der Waals surface area contributed by atoms with E-state index in [2.05, 4.69) is 10.8 Å². The highest BCUT2D eigenvalue weighted by Gasteiger charge is 2.16. The fourth-order valence-electron chi connectivity index (χ4n) is 2.28. The summed E-state index contributed by atoms with van der Waals surface area (Å²) in [7, 11) is -3.81. The molecule has 0 aliphatic carbocycles. The number of hydrogen-bond acceptors (Lipinski definition) is 3. The molecule has 0 amide bonds. The van der Waals surface area contributed by atoms with E-state index in [9.17, 15) is 8.42 Å². The molecule has 120 valence electrons. The van der Waals surface area contributed by atoms with Crippen LogP contribution in [0.3, 0.4) is 0 Å². The molecule has 1 N–H and O–H groups in total. The van der Waals surface area contributed by atoms with Gasteiger partial charge in [0.15, 0.2) is 0 Å². The second-order valence-electron chi connectivity index (χ2n) is 5.10. The Morgan fingerprint density at radius 1 is 0.875 bits per heavy atom. The van der Waals surface area contributed by atoms with Crippen molar-refractivity contribution in [2.24, 2.45) is 0 Å². The fraction of sp³-hybridized carbons (Fsp3) is 0. The summed E-state index contributed by atoms with van der Waals surface area (Å²) in [4.78, 5) is -0.0140. The van der Waals surface area contributed by atoms with Gasteiger partial charge >= 0.3 is 0 Å². The predicted octanol–water partition coefficient (Wildman–Crippen LogP) is 4.82. The molecule has 0 spiro atoms. The average Bonchev–Trinajstić information content (AvgIpc) is 2.53. The van der Waals surface area contributed by atoms with Gasteiger partial charge in [-0.3, -0.25) is 4.72 Å². The van der Waals surface area contributed by atoms with Gasteiger partial charge < -0.3 is 0 Å². The number of rotatable bonds is 3. The Morgan fingerprint density at radius 2 is 1.50 bits per heavy atom. The molecule has 4 nitrogen and oxygen atoms in total. The zero-order chi connectivity index (χ0) is 17.3. The van der Waals surface area contributed by atoms with Crippen LogP contribution in [0.25, 0.3) is 10.8 Å². The van der Waals surface area contributed by atoms with E-state index in [1.165, 1.54) is 18.2 Å². The molecule has 0 saturated heterocycles. The monoisotopic (exact) mass is 376 g/mol. The van der Waals surface area contributed by atoms with E-state index in [0.29, 0.717) is 11.3 Å². The van der Waals surface area contributed by atoms with E-state index in [1.807, 2.05) is 0 Å². The summed E-state index contributed by atoms with van der Waals surface area (Å²) < 4.78 is 27.4. The average molecular weight is 377 g/mol. The van der Waals surface area contributed by atoms with Crippen molar-refractivity contribution < 1.29 is 8.42 Å². The van der Waals surface area contributed by atoms with Crippen molar-refractivity contribution in [3.05, 3.63) is 70.2 Å². The number of nitriles is 1. The van der Waals surface area contributed by atoms with Gasteiger partial charge in [0.1, 0.15) is 0 Å². The maximum Gasteiger partial charge on any atom is 0.261 e. The Kier molecular flexibility index (Phi) is 4.37. The first-order chi connectivity index (χ1) is 11.4. The van der Waals surface area contributed by atoms with E-state index >= 15 is 0 Å². The molecule has 0 atom stereocenters. The minimum atomic E-state index is -3.81. The van der Waals surface area contributed by atoms with Gasteiger partial charge in [-0.1, -0.05) is 35.3 Å². The Morgan fingerprint density at radius 3 is 2.17 bits per heavy atom. The SMILES string of the molecule is N#Cc1ccc2cc(NS(=O)(=O)c3cc(Cl)cc(Cl)c3)ccc2c1. The molecule has 3 aromatic rings. The molecule has 0 radical (unpaired) electrons. The van der Waals surface area contributed by atoms with Crippen molar-refractivity contribution in [3.8, 4) is 6.07 Å². The summed E-state index contributed by atoms with van der Waals surface area (Å²) in [5.74, 6) is 0. The van der Waals surface area contributed by atoms with Crippen LogP contribution in [0.4, 0.5) is 5.69 Å². The van der Waals surface area contributed by atoms with Crippen LogP contribution in [0.1, 0.15) is 5.56 Å². The van der Waals surface area contributed by atoms with Gasteiger partial charge in [0.2, 0.25) is 0 Å². The molecule has 3 rings (SSSR count). The topological polar surface area (TPSA) is 70.0 Å². The Labute approximate surface area is 149 Å². The molecular formula is C17H10Cl2N2O2S. The molecule has 0 aliphatic rings. The lowest BCUT2D eigenvalue weighted by molar-refractivity contribution is 0.601. The number of nitrogens with one attached hydrogen (secondary N) is 1. The minimum absolute atomic E-state index is 0.0140. The van der Waals surface area contributed by atoms with Gasteiger partial charge in [-0.15, -0.1) is 0 Å². The zero-order valence-corrected chi connectivity index (χ0v) is 14.5. The molecule has 0 bridgehead atoms. The van der Waals surface area contributed by atoms with E-state index in [0.717, 1.165) is 10.8 Å². The lowest BCUT2D eigenvalue weighted by atomic mass is 10.1. The molecule has 0 aromatic heterocycles. The maximum absolute atomic E-state index is 12.5. The smallest absolute Gasteiger partial charge is 0.261 e. The van der Waals surface area contributed by atoms with Crippen molar-refractivity contribution in [2.75, 3.05) is 4.72 Å². The van der Waals surface area contributed by atoms with Gasteiger partial charge in [0, 0.05) is 15.7 Å². The molecule has 7 heteroatoms. The van der Waals surface area contributed by atoms with Crippen LogP contribution < -0.4 is 4.72 Å². The highest BCUT2D eigenvalue weighted by molar-refractivity contribution is 7.92. The second-order valence-corrected chi connectivity index (χ2v) is 7.65. The van der Waals surface area contributed by atoms with Gasteiger partial charge in [-0.25, -0.2) is 8.42 Å². The Balaban J connectivity index is 1.98. The van der Waals surface area contributed by atoms with Crippen LogP contribution in [0.15, 0.2) is 59.5 Å². The first kappa shape index (κ1) is 16.6. The van der Waals surface area contributed by atoms with Crippen molar-refractivity contribution in [1.29, 1.82) is 5.26 Å². The van der Waals surface area contributed by atoms with Gasteiger partial charge in [-0.05, 0) is 53.2 Å². The molecular weight excluding hydrogens is 367 g/mol. The van der Waals surface area contributed by atoms with Crippen molar-refractivity contribution in [3.63, 3.8) is 0 Å². The van der Waals surface area contributed by atoms with Gasteiger partial charge in [0.05, 0.1) is 16.5 Å². The normalized spacial score (nSPS) is 11.2. The molecule has 3 aromatic carbocycles. The third-order valence-electron chi connectivity index (χ3n) is 3.37. The van der Waals surface area contributed by atoms with Gasteiger partial charge in [0.25, 0.3) is 10.0 Å². The van der Waals surface area contributed by atoms with E-state index in [-0.39, 0.29) is 14.9 Å². The molecule has 0 unspecified atom stereocenters. The number of halogens is 2. The molecule has 0 saturated carbocycles. The van der Waals surface area contributed by atoms with Crippen LogP contribution >= 0.6 is 23.2 Å². The summed E-state index contributed by atoms with van der Waals surface area (Å²) in [6, 6.07) is 16.4. The van der Waals surface area contributed by atoms with Crippen LogP contribution in [-0.4, -0.2) is 8.42 Å². The van der Waals surface area contributed by atoms with Crippen LogP contribution in [0.2, 0.25) is 10.0 Å². The van der Waals surface area contributed by atoms with Crippen LogP contribution in [-0.2, 0) is 10.0 Å². The largest absolute Gasteiger partial charge is 0.280 e. The van der Waals surface area contributed by atoms with Crippen LogP contribution in [0, 0.1) is 11.3 Å². The summed E-state index contributed by atoms with van der Waals surface area (Å²) in [6.45, 7) is 0. The summed E-state index contributed by atoms with van der Waals surface area (Å²) >= 11 is 11.7. The highest BCUT2D eigenvalue weighted by Crippen LogP contribution is 2.26. The number of anilines is 1. The first-order valence-electron chi connectivity index (χ1n) is 6.80. The number of benzene rings is 3. The number of sulfonamides is 1. The lowest BCUT2D eigenvalue weighted by Gasteiger charge is -2.10. The molecule has 0 fully saturated rings. The maximum atomic E-state index is 12.5. The van der Waals surface area contributed by atoms with Crippen molar-refractivity contribution >= 4 is 49.7 Å². The van der Waals surface area contributed by atoms with E-state index < -0.39 is 10.0 Å². The lowest BCUT2D eigenvalue weighted by Crippen LogP contribution is -2.12. The standard InChI is InChI=1S/C17H10Cl2N2O2S/c18-14-7-15(19)9-17(8-14)24(22,23)21-16-4-3-12-5-11(10-20)1-2-13(12)6-16/h1-9,21H. The van der Waals surface area contributed by atoms with E-state index in [4.69, 9.17) is 28.5 Å². The second kappa shape index (κ2) is 6.33. The van der Waals surface area contributed by atoms with Crippen molar-refractivity contribution in [1.82, 2.24) is 0 Å².